The second kappa shape index (κ2) is 6.38. The number of halogens is 1. The van der Waals surface area contributed by atoms with Crippen LogP contribution in [0.5, 0.6) is 0 Å². The van der Waals surface area contributed by atoms with Gasteiger partial charge in [0.05, 0.1) is 5.75 Å². The van der Waals surface area contributed by atoms with Gasteiger partial charge >= 0.3 is 0 Å². The van der Waals surface area contributed by atoms with Crippen molar-refractivity contribution in [3.63, 3.8) is 0 Å². The van der Waals surface area contributed by atoms with E-state index in [0.29, 0.717) is 18.0 Å². The fraction of sp³-hybridized carbons (Fsp3) is 0.500. The number of hydrogen-bond donors (Lipinski definition) is 1. The van der Waals surface area contributed by atoms with Crippen LogP contribution in [0.2, 0.25) is 5.02 Å². The topological polar surface area (TPSA) is 60.2 Å². The molecule has 0 amide bonds. The van der Waals surface area contributed by atoms with Gasteiger partial charge in [-0.3, -0.25) is 0 Å². The zero-order chi connectivity index (χ0) is 12.9. The fourth-order valence-corrected chi connectivity index (χ4v) is 2.66. The van der Waals surface area contributed by atoms with E-state index in [-0.39, 0.29) is 11.7 Å². The third-order valence-corrected chi connectivity index (χ3v) is 3.86. The second-order valence-corrected chi connectivity index (χ2v) is 7.05. The maximum atomic E-state index is 11.1. The Balaban J connectivity index is 2.58. The summed E-state index contributed by atoms with van der Waals surface area (Å²) < 4.78 is 22.2. The fourth-order valence-electron chi connectivity index (χ4n) is 1.68. The van der Waals surface area contributed by atoms with Crippen LogP contribution in [0.4, 0.5) is 0 Å². The first-order valence-electron chi connectivity index (χ1n) is 5.53. The van der Waals surface area contributed by atoms with Crippen LogP contribution in [0.3, 0.4) is 0 Å². The summed E-state index contributed by atoms with van der Waals surface area (Å²) in [7, 11) is -2.91. The van der Waals surface area contributed by atoms with E-state index in [1.807, 2.05) is 24.3 Å². The number of hydrogen-bond acceptors (Lipinski definition) is 3. The van der Waals surface area contributed by atoms with Crippen molar-refractivity contribution in [3.8, 4) is 0 Å². The van der Waals surface area contributed by atoms with Gasteiger partial charge in [0.2, 0.25) is 0 Å². The number of rotatable bonds is 6. The van der Waals surface area contributed by atoms with E-state index in [4.69, 9.17) is 17.3 Å². The minimum atomic E-state index is -2.91. The normalized spacial score (nSPS) is 13.6. The van der Waals surface area contributed by atoms with Gasteiger partial charge in [0.1, 0.15) is 9.84 Å². The first-order chi connectivity index (χ1) is 7.90. The van der Waals surface area contributed by atoms with E-state index in [9.17, 15) is 8.42 Å². The second-order valence-electron chi connectivity index (χ2n) is 4.35. The minimum absolute atomic E-state index is 0.184. The van der Waals surface area contributed by atoms with Crippen molar-refractivity contribution in [2.75, 3.05) is 18.6 Å². The zero-order valence-corrected chi connectivity index (χ0v) is 11.5. The molecule has 2 N–H and O–H groups in total. The van der Waals surface area contributed by atoms with E-state index in [0.717, 1.165) is 12.0 Å². The summed E-state index contributed by atoms with van der Waals surface area (Å²) in [6.07, 6.45) is 2.62. The monoisotopic (exact) mass is 275 g/mol. The number of benzene rings is 1. The van der Waals surface area contributed by atoms with E-state index >= 15 is 0 Å². The van der Waals surface area contributed by atoms with Gasteiger partial charge in [-0.2, -0.15) is 0 Å². The lowest BCUT2D eigenvalue weighted by Gasteiger charge is -2.14. The zero-order valence-electron chi connectivity index (χ0n) is 9.90. The molecule has 0 aliphatic heterocycles. The Morgan fingerprint density at radius 1 is 1.41 bits per heavy atom. The van der Waals surface area contributed by atoms with Crippen LogP contribution in [-0.4, -0.2) is 27.0 Å². The molecule has 0 saturated heterocycles. The van der Waals surface area contributed by atoms with Crippen LogP contribution >= 0.6 is 11.6 Å². The summed E-state index contributed by atoms with van der Waals surface area (Å²) >= 11 is 5.89. The van der Waals surface area contributed by atoms with Crippen molar-refractivity contribution < 1.29 is 8.42 Å². The van der Waals surface area contributed by atoms with Crippen LogP contribution in [0, 0.1) is 5.92 Å². The molecule has 0 aliphatic carbocycles. The molecule has 0 aliphatic rings. The maximum Gasteiger partial charge on any atom is 0.147 e. The molecule has 17 heavy (non-hydrogen) atoms. The molecule has 0 bridgehead atoms. The van der Waals surface area contributed by atoms with Gasteiger partial charge in [-0.1, -0.05) is 23.7 Å². The van der Waals surface area contributed by atoms with Gasteiger partial charge in [-0.05, 0) is 43.0 Å². The summed E-state index contributed by atoms with van der Waals surface area (Å²) in [6.45, 7) is 0.488. The highest BCUT2D eigenvalue weighted by Gasteiger charge is 2.11. The van der Waals surface area contributed by atoms with Gasteiger partial charge in [0.15, 0.2) is 0 Å². The van der Waals surface area contributed by atoms with Crippen molar-refractivity contribution >= 4 is 21.4 Å². The van der Waals surface area contributed by atoms with Gasteiger partial charge in [-0.15, -0.1) is 0 Å². The van der Waals surface area contributed by atoms with Crippen molar-refractivity contribution in [3.05, 3.63) is 34.9 Å². The highest BCUT2D eigenvalue weighted by Crippen LogP contribution is 2.16. The van der Waals surface area contributed by atoms with Gasteiger partial charge in [0, 0.05) is 11.3 Å². The molecule has 1 aromatic carbocycles. The van der Waals surface area contributed by atoms with Crippen molar-refractivity contribution in [2.24, 2.45) is 11.7 Å². The lowest BCUT2D eigenvalue weighted by Crippen LogP contribution is -2.20. The maximum absolute atomic E-state index is 11.1. The first kappa shape index (κ1) is 14.5. The SMILES string of the molecule is CS(=O)(=O)CCC(CN)Cc1cccc(Cl)c1. The summed E-state index contributed by atoms with van der Waals surface area (Å²) in [6, 6.07) is 7.58. The Kier molecular flexibility index (Phi) is 5.43. The molecule has 0 radical (unpaired) electrons. The summed E-state index contributed by atoms with van der Waals surface area (Å²) in [4.78, 5) is 0. The standard InChI is InChI=1S/C12H18ClNO2S/c1-17(15,16)6-5-11(9-14)7-10-3-2-4-12(13)8-10/h2-4,8,11H,5-7,9,14H2,1H3. The van der Waals surface area contributed by atoms with Gasteiger partial charge in [0.25, 0.3) is 0 Å². The van der Waals surface area contributed by atoms with E-state index in [2.05, 4.69) is 0 Å². The summed E-state index contributed by atoms with van der Waals surface area (Å²) in [5.41, 5.74) is 6.76. The molecule has 1 aromatic rings. The molecule has 3 nitrogen and oxygen atoms in total. The highest BCUT2D eigenvalue weighted by atomic mass is 35.5. The first-order valence-corrected chi connectivity index (χ1v) is 7.97. The van der Waals surface area contributed by atoms with Gasteiger partial charge in [-0.25, -0.2) is 8.42 Å². The largest absolute Gasteiger partial charge is 0.330 e. The molecule has 1 rings (SSSR count). The Hall–Kier alpha value is -0.580. The Labute approximate surface area is 108 Å². The molecular formula is C12H18ClNO2S. The third kappa shape index (κ3) is 6.05. The summed E-state index contributed by atoms with van der Waals surface area (Å²) in [5.74, 6) is 0.373. The predicted octanol–water partition coefficient (Wildman–Crippen LogP) is 1.89. The molecule has 0 aromatic heterocycles. The van der Waals surface area contributed by atoms with Crippen LogP contribution in [-0.2, 0) is 16.3 Å². The lowest BCUT2D eigenvalue weighted by atomic mass is 9.97. The highest BCUT2D eigenvalue weighted by molar-refractivity contribution is 7.90. The quantitative estimate of drug-likeness (QED) is 0.862. The van der Waals surface area contributed by atoms with Crippen molar-refractivity contribution in [1.82, 2.24) is 0 Å². The van der Waals surface area contributed by atoms with E-state index in [1.165, 1.54) is 6.26 Å². The van der Waals surface area contributed by atoms with Crippen LogP contribution in [0.25, 0.3) is 0 Å². The molecular weight excluding hydrogens is 258 g/mol. The molecule has 1 unspecified atom stereocenters. The van der Waals surface area contributed by atoms with E-state index in [1.54, 1.807) is 0 Å². The molecule has 0 heterocycles. The Morgan fingerprint density at radius 3 is 2.65 bits per heavy atom. The van der Waals surface area contributed by atoms with Gasteiger partial charge < -0.3 is 5.73 Å². The molecule has 0 spiro atoms. The Morgan fingerprint density at radius 2 is 2.12 bits per heavy atom. The molecule has 0 saturated carbocycles. The molecule has 1 atom stereocenters. The summed E-state index contributed by atoms with van der Waals surface area (Å²) in [5, 5.41) is 0.696. The Bertz CT molecular complexity index is 459. The average molecular weight is 276 g/mol. The lowest BCUT2D eigenvalue weighted by molar-refractivity contribution is 0.512. The number of sulfone groups is 1. The van der Waals surface area contributed by atoms with E-state index < -0.39 is 9.84 Å². The number of nitrogens with two attached hydrogens (primary N) is 1. The van der Waals surface area contributed by atoms with Crippen LogP contribution < -0.4 is 5.73 Å². The van der Waals surface area contributed by atoms with Crippen LogP contribution in [0.15, 0.2) is 24.3 Å². The smallest absolute Gasteiger partial charge is 0.147 e. The van der Waals surface area contributed by atoms with Crippen molar-refractivity contribution in [2.45, 2.75) is 12.8 Å². The van der Waals surface area contributed by atoms with Crippen LogP contribution in [0.1, 0.15) is 12.0 Å². The molecule has 0 fully saturated rings. The third-order valence-electron chi connectivity index (χ3n) is 2.64. The molecule has 96 valence electrons. The molecule has 5 heteroatoms. The predicted molar refractivity (Wildman–Crippen MR) is 72.0 cm³/mol. The van der Waals surface area contributed by atoms with Crippen molar-refractivity contribution in [1.29, 1.82) is 0 Å². The average Bonchev–Trinajstić information content (AvgIpc) is 2.23. The minimum Gasteiger partial charge on any atom is -0.330 e.